The van der Waals surface area contributed by atoms with E-state index in [1.165, 1.54) is 22.6 Å². The predicted molar refractivity (Wildman–Crippen MR) is 224 cm³/mol. The summed E-state index contributed by atoms with van der Waals surface area (Å²) in [5.41, 5.74) is 4.13. The molecule has 2 heterocycles. The van der Waals surface area contributed by atoms with Crippen LogP contribution in [0.4, 0.5) is 17.1 Å². The van der Waals surface area contributed by atoms with Gasteiger partial charge in [-0.25, -0.2) is 13.6 Å². The van der Waals surface area contributed by atoms with Crippen molar-refractivity contribution < 1.29 is 18.1 Å². The number of nitro groups is 1. The van der Waals surface area contributed by atoms with Gasteiger partial charge in [-0.2, -0.15) is 0 Å². The van der Waals surface area contributed by atoms with Gasteiger partial charge in [0.25, 0.3) is 11.6 Å². The van der Waals surface area contributed by atoms with Gasteiger partial charge in [0.1, 0.15) is 5.69 Å². The predicted octanol–water partition coefficient (Wildman–Crippen LogP) is 7.04. The van der Waals surface area contributed by atoms with Crippen LogP contribution in [-0.4, -0.2) is 92.6 Å². The normalized spacial score (nSPS) is 14.1. The molecular formula is C41H44ClN7O5S2. The van der Waals surface area contributed by atoms with E-state index in [2.05, 4.69) is 20.9 Å². The third-order valence-corrected chi connectivity index (χ3v) is 12.0. The quantitative estimate of drug-likeness (QED) is 0.0664. The lowest BCUT2D eigenvalue weighted by molar-refractivity contribution is -0.384. The van der Waals surface area contributed by atoms with Gasteiger partial charge in [-0.15, -0.1) is 11.8 Å². The highest BCUT2D eigenvalue weighted by Gasteiger charge is 2.33. The molecule has 2 N–H and O–H groups in total. The van der Waals surface area contributed by atoms with Crippen molar-refractivity contribution in [1.82, 2.24) is 14.8 Å². The first kappa shape index (κ1) is 40.8. The van der Waals surface area contributed by atoms with Crippen molar-refractivity contribution in [3.05, 3.63) is 142 Å². The van der Waals surface area contributed by atoms with Gasteiger partial charge in [-0.3, -0.25) is 29.7 Å². The summed E-state index contributed by atoms with van der Waals surface area (Å²) in [6.45, 7) is 4.61. The van der Waals surface area contributed by atoms with Crippen molar-refractivity contribution in [2.75, 3.05) is 62.4 Å². The number of amides is 1. The van der Waals surface area contributed by atoms with E-state index in [1.54, 1.807) is 23.9 Å². The average Bonchev–Trinajstić information content (AvgIpc) is 3.19. The number of nitro benzene ring substituents is 1. The molecule has 0 radical (unpaired) electrons. The number of anilines is 2. The Hall–Kier alpha value is -4.83. The Morgan fingerprint density at radius 2 is 1.66 bits per heavy atom. The van der Waals surface area contributed by atoms with E-state index in [4.69, 9.17) is 16.7 Å². The summed E-state index contributed by atoms with van der Waals surface area (Å²) in [6.07, 6.45) is 4.21. The summed E-state index contributed by atoms with van der Waals surface area (Å²) in [7, 11) is -0.397. The number of rotatable bonds is 15. The Morgan fingerprint density at radius 3 is 2.30 bits per heavy atom. The summed E-state index contributed by atoms with van der Waals surface area (Å²) in [6, 6.07) is 29.8. The molecule has 1 aromatic heterocycles. The lowest BCUT2D eigenvalue weighted by atomic mass is 10.0. The molecule has 56 heavy (non-hydrogen) atoms. The van der Waals surface area contributed by atoms with Crippen molar-refractivity contribution in [1.29, 1.82) is 0 Å². The van der Waals surface area contributed by atoms with E-state index in [1.807, 2.05) is 98.1 Å². The van der Waals surface area contributed by atoms with Gasteiger partial charge in [0.2, 0.25) is 10.0 Å². The number of carbonyl (C=O) groups excluding carboxylic acids is 1. The maximum atomic E-state index is 14.7. The smallest absolute Gasteiger partial charge is 0.294 e. The highest BCUT2D eigenvalue weighted by molar-refractivity contribution is 7.99. The molecule has 1 aliphatic rings. The number of benzene rings is 4. The third-order valence-electron chi connectivity index (χ3n) is 9.72. The van der Waals surface area contributed by atoms with Crippen LogP contribution in [0, 0.1) is 10.1 Å². The molecule has 1 fully saturated rings. The number of sulfonamides is 1. The average molecular weight is 814 g/mol. The molecule has 12 nitrogen and oxygen atoms in total. The van der Waals surface area contributed by atoms with Gasteiger partial charge in [-0.05, 0) is 105 Å². The van der Waals surface area contributed by atoms with Crippen LogP contribution in [0.1, 0.15) is 22.3 Å². The van der Waals surface area contributed by atoms with E-state index in [9.17, 15) is 23.3 Å². The molecule has 1 aliphatic heterocycles. The van der Waals surface area contributed by atoms with Crippen LogP contribution < -0.4 is 14.9 Å². The van der Waals surface area contributed by atoms with Crippen molar-refractivity contribution in [2.45, 2.75) is 28.8 Å². The number of nitrogens with zero attached hydrogens (tertiary/aromatic N) is 6. The van der Waals surface area contributed by atoms with Crippen molar-refractivity contribution in [3.63, 3.8) is 0 Å². The monoisotopic (exact) mass is 813 g/mol. The van der Waals surface area contributed by atoms with E-state index < -0.39 is 37.5 Å². The maximum absolute atomic E-state index is 14.7. The lowest BCUT2D eigenvalue weighted by Gasteiger charge is -2.36. The Morgan fingerprint density at radius 1 is 0.964 bits per heavy atom. The number of hydrogen-bond donors (Lipinski definition) is 1. The summed E-state index contributed by atoms with van der Waals surface area (Å²) < 4.78 is 24.4. The second-order valence-electron chi connectivity index (χ2n) is 13.8. The minimum absolute atomic E-state index is 0.00145. The van der Waals surface area contributed by atoms with Crippen LogP contribution in [0.15, 0.2) is 125 Å². The lowest BCUT2D eigenvalue weighted by Crippen LogP contribution is -2.46. The molecule has 0 saturated carbocycles. The Balaban J connectivity index is 1.23. The van der Waals surface area contributed by atoms with E-state index in [0.29, 0.717) is 29.3 Å². The SMILES string of the molecule is CN(C)CC[C@H](CSc1ccccc1)N(C(=O)c1ccc(N2CCN(Cc3ccncc3-c3ccc(Cl)cc3)CC2)cc1)c1ccc(S(N)(=O)=O)cc1[N+](=O)[O-]. The Kier molecular flexibility index (Phi) is 13.4. The first-order valence-electron chi connectivity index (χ1n) is 18.1. The van der Waals surface area contributed by atoms with E-state index in [0.717, 1.165) is 60.5 Å². The molecule has 15 heteroatoms. The standard InChI is InChI=1S/C41H44ClN7O5S2/c1-45(2)21-19-35(29-55-36-6-4-3-5-7-36)48(39-17-16-37(56(43,53)54)26-40(39)49(51)52)41(50)31-10-14-34(15-11-31)47-24-22-46(23-25-47)28-32-18-20-44-27-38(32)30-8-12-33(42)13-9-30/h3-18,20,26-27,35H,19,21-25,28-29H2,1-2H3,(H2,43,53,54)/t35-/m1/s1. The molecule has 0 spiro atoms. The number of thioether (sulfide) groups is 1. The first-order valence-corrected chi connectivity index (χ1v) is 21.0. The number of carbonyl (C=O) groups is 1. The van der Waals surface area contributed by atoms with Crippen LogP contribution in [0.25, 0.3) is 11.1 Å². The van der Waals surface area contributed by atoms with Crippen LogP contribution in [-0.2, 0) is 16.6 Å². The number of nitrogens with two attached hydrogens (primary N) is 1. The summed E-state index contributed by atoms with van der Waals surface area (Å²) >= 11 is 7.67. The Labute approximate surface area is 337 Å². The minimum Gasteiger partial charge on any atom is -0.369 e. The molecule has 1 saturated heterocycles. The van der Waals surface area contributed by atoms with Crippen molar-refractivity contribution in [3.8, 4) is 11.1 Å². The van der Waals surface area contributed by atoms with Crippen molar-refractivity contribution in [2.24, 2.45) is 5.14 Å². The largest absolute Gasteiger partial charge is 0.369 e. The molecule has 6 rings (SSSR count). The fraction of sp³-hybridized carbons (Fsp3) is 0.268. The number of halogens is 1. The second kappa shape index (κ2) is 18.4. The van der Waals surface area contributed by atoms with Crippen LogP contribution in [0.2, 0.25) is 5.02 Å². The van der Waals surface area contributed by atoms with Gasteiger partial charge in [-0.1, -0.05) is 41.9 Å². The van der Waals surface area contributed by atoms with Gasteiger partial charge in [0, 0.05) is 89.7 Å². The van der Waals surface area contributed by atoms with Crippen LogP contribution in [0.5, 0.6) is 0 Å². The first-order chi connectivity index (χ1) is 26.9. The molecular weight excluding hydrogens is 770 g/mol. The van der Waals surface area contributed by atoms with Gasteiger partial charge < -0.3 is 9.80 Å². The zero-order chi connectivity index (χ0) is 39.8. The summed E-state index contributed by atoms with van der Waals surface area (Å²) in [5, 5.41) is 18.5. The Bertz CT molecular complexity index is 2240. The molecule has 292 valence electrons. The number of primary sulfonamides is 1. The molecule has 1 amide bonds. The topological polar surface area (TPSA) is 146 Å². The number of piperazine rings is 1. The van der Waals surface area contributed by atoms with Gasteiger partial charge >= 0.3 is 0 Å². The summed E-state index contributed by atoms with van der Waals surface area (Å²) in [5.74, 6) is -0.000119. The van der Waals surface area contributed by atoms with Gasteiger partial charge in [0.05, 0.1) is 9.82 Å². The number of aromatic nitrogens is 1. The minimum atomic E-state index is -4.24. The molecule has 0 aliphatic carbocycles. The molecule has 0 unspecified atom stereocenters. The molecule has 4 aromatic carbocycles. The number of hydrogen-bond acceptors (Lipinski definition) is 10. The summed E-state index contributed by atoms with van der Waals surface area (Å²) in [4.78, 5) is 39.5. The number of pyridine rings is 1. The third kappa shape index (κ3) is 10.3. The highest BCUT2D eigenvalue weighted by atomic mass is 35.5. The van der Waals surface area contributed by atoms with E-state index in [-0.39, 0.29) is 5.69 Å². The maximum Gasteiger partial charge on any atom is 0.294 e. The zero-order valence-electron chi connectivity index (χ0n) is 31.2. The second-order valence-corrected chi connectivity index (χ2v) is 16.9. The highest BCUT2D eigenvalue weighted by Crippen LogP contribution is 2.36. The fourth-order valence-corrected chi connectivity index (χ4v) is 8.42. The zero-order valence-corrected chi connectivity index (χ0v) is 33.6. The molecule has 1 atom stereocenters. The van der Waals surface area contributed by atoms with Gasteiger partial charge in [0.15, 0.2) is 0 Å². The van der Waals surface area contributed by atoms with Crippen LogP contribution >= 0.6 is 23.4 Å². The van der Waals surface area contributed by atoms with Crippen molar-refractivity contribution >= 4 is 56.4 Å². The van der Waals surface area contributed by atoms with E-state index >= 15 is 0 Å². The molecule has 5 aromatic rings. The van der Waals surface area contributed by atoms with Crippen LogP contribution in [0.3, 0.4) is 0 Å². The fourth-order valence-electron chi connectivity index (χ4n) is 6.71. The molecule has 0 bridgehead atoms.